The molecule has 0 aromatic rings. The van der Waals surface area contributed by atoms with Gasteiger partial charge in [0.05, 0.1) is 0 Å². The lowest BCUT2D eigenvalue weighted by Gasteiger charge is -2.26. The molecule has 0 aliphatic heterocycles. The summed E-state index contributed by atoms with van der Waals surface area (Å²) >= 11 is 0. The third kappa shape index (κ3) is 5.28. The number of nitrogens with one attached hydrogen (secondary N) is 1. The van der Waals surface area contributed by atoms with Gasteiger partial charge in [0, 0.05) is 12.3 Å². The molecule has 0 unspecified atom stereocenters. The van der Waals surface area contributed by atoms with E-state index in [1.54, 1.807) is 0 Å². The number of amides is 2. The minimum atomic E-state index is -1.13. The molecule has 0 spiro atoms. The van der Waals surface area contributed by atoms with Crippen LogP contribution in [0.25, 0.3) is 0 Å². The molecule has 108 valence electrons. The Morgan fingerprint density at radius 1 is 1.26 bits per heavy atom. The molecule has 0 aromatic heterocycles. The lowest BCUT2D eigenvalue weighted by Crippen LogP contribution is -2.44. The highest BCUT2D eigenvalue weighted by molar-refractivity contribution is 5.85. The highest BCUT2D eigenvalue weighted by Gasteiger charge is 2.28. The average Bonchev–Trinajstić information content (AvgIpc) is 2.34. The third-order valence-corrected chi connectivity index (χ3v) is 3.68. The van der Waals surface area contributed by atoms with E-state index in [1.165, 1.54) is 0 Å². The maximum Gasteiger partial charge on any atom is 0.326 e. The Bertz CT molecular complexity index is 349. The SMILES string of the molecule is CC1CCC(C(=O)N[C@H](CCC(N)=O)C(=O)O)CC1. The minimum absolute atomic E-state index is 0.0412. The Hall–Kier alpha value is -1.59. The topological polar surface area (TPSA) is 109 Å². The van der Waals surface area contributed by atoms with Crippen molar-refractivity contribution in [1.82, 2.24) is 5.32 Å². The van der Waals surface area contributed by atoms with Gasteiger partial charge in [-0.15, -0.1) is 0 Å². The molecule has 1 atom stereocenters. The second-order valence-electron chi connectivity index (χ2n) is 5.36. The Balaban J connectivity index is 2.46. The van der Waals surface area contributed by atoms with Crippen molar-refractivity contribution < 1.29 is 19.5 Å². The number of nitrogens with two attached hydrogens (primary N) is 1. The van der Waals surface area contributed by atoms with Gasteiger partial charge in [0.25, 0.3) is 0 Å². The second kappa shape index (κ2) is 7.11. The van der Waals surface area contributed by atoms with Crippen LogP contribution in [0.5, 0.6) is 0 Å². The Labute approximate surface area is 112 Å². The number of primary amides is 1. The van der Waals surface area contributed by atoms with E-state index in [1.807, 2.05) is 0 Å². The number of rotatable bonds is 6. The predicted octanol–water partition coefficient (Wildman–Crippen LogP) is 0.648. The summed E-state index contributed by atoms with van der Waals surface area (Å²) in [6.07, 6.45) is 3.59. The summed E-state index contributed by atoms with van der Waals surface area (Å²) in [6, 6.07) is -1.03. The monoisotopic (exact) mass is 270 g/mol. The zero-order chi connectivity index (χ0) is 14.4. The molecule has 6 nitrogen and oxygen atoms in total. The number of hydrogen-bond acceptors (Lipinski definition) is 3. The number of carbonyl (C=O) groups excluding carboxylic acids is 2. The number of carboxylic acid groups (broad SMARTS) is 1. The molecular weight excluding hydrogens is 248 g/mol. The van der Waals surface area contributed by atoms with Crippen molar-refractivity contribution in [3.8, 4) is 0 Å². The zero-order valence-electron chi connectivity index (χ0n) is 11.2. The Morgan fingerprint density at radius 2 is 1.84 bits per heavy atom. The molecule has 0 radical (unpaired) electrons. The van der Waals surface area contributed by atoms with E-state index >= 15 is 0 Å². The summed E-state index contributed by atoms with van der Waals surface area (Å²) in [4.78, 5) is 33.7. The first-order valence-electron chi connectivity index (χ1n) is 6.71. The van der Waals surface area contributed by atoms with E-state index in [0.29, 0.717) is 5.92 Å². The lowest BCUT2D eigenvalue weighted by atomic mass is 9.82. The summed E-state index contributed by atoms with van der Waals surface area (Å²) in [6.45, 7) is 2.15. The smallest absolute Gasteiger partial charge is 0.326 e. The van der Waals surface area contributed by atoms with E-state index in [-0.39, 0.29) is 24.7 Å². The predicted molar refractivity (Wildman–Crippen MR) is 69.1 cm³/mol. The molecular formula is C13H22N2O4. The molecule has 19 heavy (non-hydrogen) atoms. The van der Waals surface area contributed by atoms with E-state index in [9.17, 15) is 14.4 Å². The summed E-state index contributed by atoms with van der Waals surface area (Å²) in [7, 11) is 0. The number of aliphatic carboxylic acids is 1. The van der Waals surface area contributed by atoms with Crippen LogP contribution in [0.4, 0.5) is 0 Å². The van der Waals surface area contributed by atoms with Crippen LogP contribution in [0.15, 0.2) is 0 Å². The standard InChI is InChI=1S/C13H22N2O4/c1-8-2-4-9(5-3-8)12(17)15-10(13(18)19)6-7-11(14)16/h8-10H,2-7H2,1H3,(H2,14,16)(H,15,17)(H,18,19)/t8?,9?,10-/m1/s1. The van der Waals surface area contributed by atoms with Gasteiger partial charge >= 0.3 is 5.97 Å². The highest BCUT2D eigenvalue weighted by atomic mass is 16.4. The van der Waals surface area contributed by atoms with Gasteiger partial charge in [-0.25, -0.2) is 4.79 Å². The van der Waals surface area contributed by atoms with E-state index in [2.05, 4.69) is 12.2 Å². The van der Waals surface area contributed by atoms with Gasteiger partial charge in [0.15, 0.2) is 0 Å². The largest absolute Gasteiger partial charge is 0.480 e. The van der Waals surface area contributed by atoms with Crippen molar-refractivity contribution in [3.05, 3.63) is 0 Å². The fourth-order valence-electron chi connectivity index (χ4n) is 2.36. The second-order valence-corrected chi connectivity index (χ2v) is 5.36. The summed E-state index contributed by atoms with van der Waals surface area (Å²) < 4.78 is 0. The van der Waals surface area contributed by atoms with E-state index in [4.69, 9.17) is 10.8 Å². The van der Waals surface area contributed by atoms with Crippen molar-refractivity contribution in [2.45, 2.75) is 51.5 Å². The van der Waals surface area contributed by atoms with Crippen LogP contribution < -0.4 is 11.1 Å². The van der Waals surface area contributed by atoms with Crippen LogP contribution in [0.3, 0.4) is 0 Å². The van der Waals surface area contributed by atoms with Gasteiger partial charge < -0.3 is 16.2 Å². The molecule has 1 aliphatic carbocycles. The van der Waals surface area contributed by atoms with E-state index < -0.39 is 17.9 Å². The van der Waals surface area contributed by atoms with Gasteiger partial charge in [-0.3, -0.25) is 9.59 Å². The normalized spacial score (nSPS) is 24.5. The first kappa shape index (κ1) is 15.5. The minimum Gasteiger partial charge on any atom is -0.480 e. The third-order valence-electron chi connectivity index (χ3n) is 3.68. The van der Waals surface area contributed by atoms with Crippen molar-refractivity contribution in [1.29, 1.82) is 0 Å². The van der Waals surface area contributed by atoms with Crippen molar-refractivity contribution in [2.75, 3.05) is 0 Å². The van der Waals surface area contributed by atoms with Crippen molar-refractivity contribution in [3.63, 3.8) is 0 Å². The van der Waals surface area contributed by atoms with Gasteiger partial charge in [-0.2, -0.15) is 0 Å². The molecule has 1 rings (SSSR count). The van der Waals surface area contributed by atoms with Crippen LogP contribution in [-0.4, -0.2) is 28.9 Å². The summed E-state index contributed by atoms with van der Waals surface area (Å²) in [5, 5.41) is 11.5. The fourth-order valence-corrected chi connectivity index (χ4v) is 2.36. The quantitative estimate of drug-likeness (QED) is 0.658. The fraction of sp³-hybridized carbons (Fsp3) is 0.769. The Kier molecular flexibility index (Phi) is 5.79. The van der Waals surface area contributed by atoms with Crippen LogP contribution in [-0.2, 0) is 14.4 Å². The van der Waals surface area contributed by atoms with Crippen LogP contribution >= 0.6 is 0 Å². The highest BCUT2D eigenvalue weighted by Crippen LogP contribution is 2.28. The molecule has 6 heteroatoms. The molecule has 0 bridgehead atoms. The first-order valence-corrected chi connectivity index (χ1v) is 6.71. The van der Waals surface area contributed by atoms with Gasteiger partial charge in [-0.1, -0.05) is 6.92 Å². The molecule has 1 aliphatic rings. The van der Waals surface area contributed by atoms with E-state index in [0.717, 1.165) is 25.7 Å². The molecule has 1 fully saturated rings. The number of hydrogen-bond donors (Lipinski definition) is 3. The Morgan fingerprint density at radius 3 is 2.32 bits per heavy atom. The van der Waals surface area contributed by atoms with Gasteiger partial charge in [0.1, 0.15) is 6.04 Å². The summed E-state index contributed by atoms with van der Waals surface area (Å²) in [5.74, 6) is -1.38. The van der Waals surface area contributed by atoms with Crippen molar-refractivity contribution in [2.24, 2.45) is 17.6 Å². The first-order chi connectivity index (χ1) is 8.90. The maximum absolute atomic E-state index is 12.0. The van der Waals surface area contributed by atoms with Gasteiger partial charge in [-0.05, 0) is 38.0 Å². The van der Waals surface area contributed by atoms with Gasteiger partial charge in [0.2, 0.25) is 11.8 Å². The summed E-state index contributed by atoms with van der Waals surface area (Å²) in [5.41, 5.74) is 4.99. The number of carboxylic acids is 1. The number of carbonyl (C=O) groups is 3. The molecule has 0 saturated heterocycles. The van der Waals surface area contributed by atoms with Crippen LogP contribution in [0.2, 0.25) is 0 Å². The lowest BCUT2D eigenvalue weighted by molar-refractivity contribution is -0.143. The van der Waals surface area contributed by atoms with Crippen LogP contribution in [0, 0.1) is 11.8 Å². The zero-order valence-corrected chi connectivity index (χ0v) is 11.2. The molecule has 4 N–H and O–H groups in total. The van der Waals surface area contributed by atoms with Crippen LogP contribution in [0.1, 0.15) is 45.4 Å². The molecule has 0 aromatic carbocycles. The molecule has 2 amide bonds. The average molecular weight is 270 g/mol. The molecule has 0 heterocycles. The van der Waals surface area contributed by atoms with Crippen molar-refractivity contribution >= 4 is 17.8 Å². The maximum atomic E-state index is 12.0. The molecule has 1 saturated carbocycles.